The van der Waals surface area contributed by atoms with Gasteiger partial charge in [-0.3, -0.25) is 4.79 Å². The molecule has 1 saturated carbocycles. The Hall–Kier alpha value is -0.580. The van der Waals surface area contributed by atoms with Crippen LogP contribution < -0.4 is 11.1 Å². The van der Waals surface area contributed by atoms with E-state index in [2.05, 4.69) is 23.7 Å². The average molecular weight is 289 g/mol. The van der Waals surface area contributed by atoms with E-state index in [1.807, 2.05) is 6.07 Å². The van der Waals surface area contributed by atoms with Gasteiger partial charge in [-0.25, -0.2) is 0 Å². The molecule has 0 spiro atoms. The quantitative estimate of drug-likeness (QED) is 0.893. The van der Waals surface area contributed by atoms with Crippen LogP contribution in [-0.2, 0) is 11.2 Å². The van der Waals surface area contributed by atoms with Crippen LogP contribution in [0.3, 0.4) is 0 Å². The molecule has 102 valence electrons. The van der Waals surface area contributed by atoms with Crippen LogP contribution in [0.25, 0.3) is 0 Å². The Morgan fingerprint density at radius 1 is 1.61 bits per heavy atom. The molecule has 0 aromatic carbocycles. The number of rotatable bonds is 4. The van der Waals surface area contributed by atoms with E-state index in [1.165, 1.54) is 4.88 Å². The van der Waals surface area contributed by atoms with E-state index in [9.17, 15) is 4.79 Å². The normalized spacial score (nSPS) is 24.3. The molecule has 0 bridgehead atoms. The Morgan fingerprint density at radius 2 is 2.39 bits per heavy atom. The van der Waals surface area contributed by atoms with E-state index in [-0.39, 0.29) is 36.3 Å². The molecule has 0 radical (unpaired) electrons. The summed E-state index contributed by atoms with van der Waals surface area (Å²) in [6.45, 7) is 2.06. The lowest BCUT2D eigenvalue weighted by molar-refractivity contribution is -0.125. The Balaban J connectivity index is 0.00000162. The number of hydrogen-bond donors (Lipinski definition) is 2. The van der Waals surface area contributed by atoms with E-state index in [0.29, 0.717) is 0 Å². The van der Waals surface area contributed by atoms with Crippen LogP contribution >= 0.6 is 23.7 Å². The summed E-state index contributed by atoms with van der Waals surface area (Å²) in [4.78, 5) is 13.3. The predicted molar refractivity (Wildman–Crippen MR) is 78.2 cm³/mol. The van der Waals surface area contributed by atoms with Crippen LogP contribution in [0.15, 0.2) is 17.5 Å². The third kappa shape index (κ3) is 4.26. The van der Waals surface area contributed by atoms with Gasteiger partial charge in [0, 0.05) is 29.3 Å². The van der Waals surface area contributed by atoms with E-state index in [4.69, 9.17) is 5.73 Å². The monoisotopic (exact) mass is 288 g/mol. The highest BCUT2D eigenvalue weighted by Crippen LogP contribution is 2.24. The predicted octanol–water partition coefficient (Wildman–Crippen LogP) is 2.34. The second-order valence-electron chi connectivity index (χ2n) is 4.96. The van der Waals surface area contributed by atoms with Crippen LogP contribution in [0.1, 0.15) is 31.1 Å². The van der Waals surface area contributed by atoms with E-state index in [0.717, 1.165) is 25.7 Å². The third-order valence-corrected chi connectivity index (χ3v) is 4.22. The van der Waals surface area contributed by atoms with Crippen molar-refractivity contribution in [2.75, 3.05) is 0 Å². The first kappa shape index (κ1) is 15.5. The number of nitrogens with one attached hydrogen (secondary N) is 1. The van der Waals surface area contributed by atoms with E-state index < -0.39 is 0 Å². The Bertz CT molecular complexity index is 369. The topological polar surface area (TPSA) is 55.1 Å². The number of carbonyl (C=O) groups excluding carboxylic acids is 1. The molecule has 1 aliphatic carbocycles. The van der Waals surface area contributed by atoms with Gasteiger partial charge in [-0.15, -0.1) is 23.7 Å². The molecule has 5 heteroatoms. The highest BCUT2D eigenvalue weighted by molar-refractivity contribution is 7.09. The molecule has 3 atom stereocenters. The van der Waals surface area contributed by atoms with Gasteiger partial charge in [0.1, 0.15) is 0 Å². The van der Waals surface area contributed by atoms with Crippen LogP contribution in [0, 0.1) is 5.92 Å². The van der Waals surface area contributed by atoms with Gasteiger partial charge in [0.25, 0.3) is 0 Å². The van der Waals surface area contributed by atoms with Crippen molar-refractivity contribution < 1.29 is 4.79 Å². The van der Waals surface area contributed by atoms with Crippen LogP contribution in [0.5, 0.6) is 0 Å². The molecule has 1 aromatic heterocycles. The standard InChI is InChI=1S/C13H20N2OS.ClH/c1-9(7-12-3-2-6-17-12)15-13(16)10-4-5-11(14)8-10;/h2-3,6,9-11H,4-5,7-8,14H2,1H3,(H,15,16);1H. The van der Waals surface area contributed by atoms with Crippen LogP contribution in [-0.4, -0.2) is 18.0 Å². The van der Waals surface area contributed by atoms with E-state index >= 15 is 0 Å². The third-order valence-electron chi connectivity index (χ3n) is 3.32. The van der Waals surface area contributed by atoms with Gasteiger partial charge in [0.2, 0.25) is 5.91 Å². The van der Waals surface area contributed by atoms with Crippen molar-refractivity contribution in [2.45, 2.75) is 44.7 Å². The Morgan fingerprint density at radius 3 is 2.94 bits per heavy atom. The number of nitrogens with two attached hydrogens (primary N) is 1. The minimum absolute atomic E-state index is 0. The van der Waals surface area contributed by atoms with Gasteiger partial charge in [-0.05, 0) is 37.6 Å². The summed E-state index contributed by atoms with van der Waals surface area (Å²) in [5, 5.41) is 5.16. The summed E-state index contributed by atoms with van der Waals surface area (Å²) >= 11 is 1.74. The molecule has 3 N–H and O–H groups in total. The van der Waals surface area contributed by atoms with Gasteiger partial charge in [0.15, 0.2) is 0 Å². The Labute approximate surface area is 119 Å². The van der Waals surface area contributed by atoms with Gasteiger partial charge in [-0.1, -0.05) is 6.07 Å². The first-order chi connectivity index (χ1) is 8.15. The molecule has 1 aliphatic rings. The number of carbonyl (C=O) groups is 1. The molecule has 1 heterocycles. The van der Waals surface area contributed by atoms with Crippen molar-refractivity contribution in [1.29, 1.82) is 0 Å². The van der Waals surface area contributed by atoms with Crippen molar-refractivity contribution >= 4 is 29.7 Å². The molecule has 0 saturated heterocycles. The lowest BCUT2D eigenvalue weighted by Crippen LogP contribution is -2.38. The summed E-state index contributed by atoms with van der Waals surface area (Å²) in [7, 11) is 0. The Kier molecular flexibility index (Phi) is 6.12. The minimum atomic E-state index is 0. The second-order valence-corrected chi connectivity index (χ2v) is 6.00. The van der Waals surface area contributed by atoms with E-state index in [1.54, 1.807) is 11.3 Å². The zero-order valence-corrected chi connectivity index (χ0v) is 12.2. The lowest BCUT2D eigenvalue weighted by Gasteiger charge is -2.16. The van der Waals surface area contributed by atoms with Crippen molar-refractivity contribution in [3.63, 3.8) is 0 Å². The van der Waals surface area contributed by atoms with Crippen molar-refractivity contribution in [3.05, 3.63) is 22.4 Å². The molecule has 1 fully saturated rings. The maximum Gasteiger partial charge on any atom is 0.223 e. The zero-order chi connectivity index (χ0) is 12.3. The van der Waals surface area contributed by atoms with Crippen molar-refractivity contribution in [2.24, 2.45) is 11.7 Å². The fourth-order valence-electron chi connectivity index (χ4n) is 2.40. The van der Waals surface area contributed by atoms with Gasteiger partial charge >= 0.3 is 0 Å². The first-order valence-corrected chi connectivity index (χ1v) is 7.11. The maximum atomic E-state index is 12.0. The number of hydrogen-bond acceptors (Lipinski definition) is 3. The van der Waals surface area contributed by atoms with Gasteiger partial charge in [0.05, 0.1) is 0 Å². The smallest absolute Gasteiger partial charge is 0.223 e. The fraction of sp³-hybridized carbons (Fsp3) is 0.615. The molecule has 1 aromatic rings. The SMILES string of the molecule is CC(Cc1cccs1)NC(=O)C1CCC(N)C1.Cl. The van der Waals surface area contributed by atoms with Crippen LogP contribution in [0.4, 0.5) is 0 Å². The van der Waals surface area contributed by atoms with Crippen LogP contribution in [0.2, 0.25) is 0 Å². The van der Waals surface area contributed by atoms with Crippen molar-refractivity contribution in [1.82, 2.24) is 5.32 Å². The summed E-state index contributed by atoms with van der Waals surface area (Å²) in [6, 6.07) is 4.58. The van der Waals surface area contributed by atoms with Crippen molar-refractivity contribution in [3.8, 4) is 0 Å². The molecular formula is C13H21ClN2OS. The number of halogens is 1. The first-order valence-electron chi connectivity index (χ1n) is 6.23. The second kappa shape index (κ2) is 7.12. The largest absolute Gasteiger partial charge is 0.353 e. The van der Waals surface area contributed by atoms with Gasteiger partial charge < -0.3 is 11.1 Å². The maximum absolute atomic E-state index is 12.0. The molecule has 3 unspecified atom stereocenters. The molecule has 0 aliphatic heterocycles. The zero-order valence-electron chi connectivity index (χ0n) is 10.6. The van der Waals surface area contributed by atoms with Gasteiger partial charge in [-0.2, -0.15) is 0 Å². The molecular weight excluding hydrogens is 268 g/mol. The summed E-state index contributed by atoms with van der Waals surface area (Å²) in [6.07, 6.45) is 3.69. The number of amides is 1. The highest BCUT2D eigenvalue weighted by atomic mass is 35.5. The average Bonchev–Trinajstić information content (AvgIpc) is 2.89. The number of thiophene rings is 1. The summed E-state index contributed by atoms with van der Waals surface area (Å²) < 4.78 is 0. The highest BCUT2D eigenvalue weighted by Gasteiger charge is 2.28. The summed E-state index contributed by atoms with van der Waals surface area (Å²) in [5.74, 6) is 0.317. The fourth-order valence-corrected chi connectivity index (χ4v) is 3.23. The molecule has 3 nitrogen and oxygen atoms in total. The molecule has 2 rings (SSSR count). The summed E-state index contributed by atoms with van der Waals surface area (Å²) in [5.41, 5.74) is 5.83. The lowest BCUT2D eigenvalue weighted by atomic mass is 10.1. The molecule has 18 heavy (non-hydrogen) atoms. The minimum Gasteiger partial charge on any atom is -0.353 e. The molecule has 1 amide bonds.